The van der Waals surface area contributed by atoms with Crippen molar-refractivity contribution in [2.24, 2.45) is 0 Å². The standard InChI is InChI=1S/C28H30N6O3/c1-19-23-18-33(28(36)29-17-25(35)37-4)26(20-12-14-21(15-13-20)31(2)3)24-11-8-16-32(24)27(23)34(30-19)22-9-6-5-7-10-22/h5-16,26H,17-18H2,1-4H3,(H,29,36)/t26-/m0/s1. The van der Waals surface area contributed by atoms with Gasteiger partial charge in [-0.15, -0.1) is 0 Å². The molecular formula is C28H30N6O3. The number of para-hydroxylation sites is 1. The largest absolute Gasteiger partial charge is 0.468 e. The number of aryl methyl sites for hydroxylation is 1. The highest BCUT2D eigenvalue weighted by Crippen LogP contribution is 2.38. The molecule has 5 rings (SSSR count). The van der Waals surface area contributed by atoms with Crippen molar-refractivity contribution in [3.63, 3.8) is 0 Å². The van der Waals surface area contributed by atoms with Crippen molar-refractivity contribution in [2.75, 3.05) is 32.6 Å². The lowest BCUT2D eigenvalue weighted by molar-refractivity contribution is -0.139. The lowest BCUT2D eigenvalue weighted by Gasteiger charge is -2.31. The minimum atomic E-state index is -0.507. The molecule has 37 heavy (non-hydrogen) atoms. The van der Waals surface area contributed by atoms with E-state index in [4.69, 9.17) is 9.84 Å². The Balaban J connectivity index is 1.67. The molecule has 0 radical (unpaired) electrons. The number of hydrogen-bond acceptors (Lipinski definition) is 5. The third-order valence-corrected chi connectivity index (χ3v) is 6.68. The molecule has 0 saturated heterocycles. The lowest BCUT2D eigenvalue weighted by Crippen LogP contribution is -2.44. The van der Waals surface area contributed by atoms with E-state index in [0.717, 1.165) is 39.7 Å². The number of nitrogens with one attached hydrogen (secondary N) is 1. The van der Waals surface area contributed by atoms with Crippen LogP contribution < -0.4 is 10.2 Å². The summed E-state index contributed by atoms with van der Waals surface area (Å²) in [5, 5.41) is 7.59. The number of urea groups is 1. The third-order valence-electron chi connectivity index (χ3n) is 6.68. The van der Waals surface area contributed by atoms with E-state index in [9.17, 15) is 9.59 Å². The minimum absolute atomic E-state index is 0.214. The maximum absolute atomic E-state index is 13.6. The Bertz CT molecular complexity index is 1420. The highest BCUT2D eigenvalue weighted by atomic mass is 16.5. The molecule has 1 aliphatic rings. The second-order valence-corrected chi connectivity index (χ2v) is 9.19. The minimum Gasteiger partial charge on any atom is -0.468 e. The van der Waals surface area contributed by atoms with Crippen LogP contribution >= 0.6 is 0 Å². The summed E-state index contributed by atoms with van der Waals surface area (Å²) >= 11 is 0. The van der Waals surface area contributed by atoms with Crippen LogP contribution in [0.2, 0.25) is 0 Å². The summed E-state index contributed by atoms with van der Waals surface area (Å²) in [6.45, 7) is 2.05. The molecular weight excluding hydrogens is 468 g/mol. The molecule has 1 N–H and O–H groups in total. The van der Waals surface area contributed by atoms with Gasteiger partial charge in [-0.1, -0.05) is 30.3 Å². The van der Waals surface area contributed by atoms with E-state index >= 15 is 0 Å². The zero-order valence-electron chi connectivity index (χ0n) is 21.4. The normalized spacial score (nSPS) is 14.4. The quantitative estimate of drug-likeness (QED) is 0.423. The lowest BCUT2D eigenvalue weighted by atomic mass is 10.0. The molecule has 0 saturated carbocycles. The van der Waals surface area contributed by atoms with Gasteiger partial charge in [0.1, 0.15) is 12.4 Å². The Hall–Kier alpha value is -4.53. The van der Waals surface area contributed by atoms with Gasteiger partial charge >= 0.3 is 12.0 Å². The summed E-state index contributed by atoms with van der Waals surface area (Å²) < 4.78 is 8.78. The van der Waals surface area contributed by atoms with Crippen molar-refractivity contribution in [2.45, 2.75) is 19.5 Å². The van der Waals surface area contributed by atoms with Crippen LogP contribution in [-0.4, -0.2) is 59.0 Å². The van der Waals surface area contributed by atoms with Gasteiger partial charge in [0, 0.05) is 31.5 Å². The summed E-state index contributed by atoms with van der Waals surface area (Å²) in [5.74, 6) is 0.383. The Morgan fingerprint density at radius 2 is 1.78 bits per heavy atom. The summed E-state index contributed by atoms with van der Waals surface area (Å²) in [6.07, 6.45) is 2.01. The van der Waals surface area contributed by atoms with Crippen LogP contribution in [0.25, 0.3) is 11.5 Å². The summed E-state index contributed by atoms with van der Waals surface area (Å²) in [6, 6.07) is 21.4. The predicted molar refractivity (Wildman–Crippen MR) is 141 cm³/mol. The molecule has 9 heteroatoms. The molecule has 0 spiro atoms. The number of hydrogen-bond donors (Lipinski definition) is 1. The molecule has 0 aliphatic carbocycles. The molecule has 190 valence electrons. The highest BCUT2D eigenvalue weighted by molar-refractivity contribution is 5.81. The van der Waals surface area contributed by atoms with E-state index < -0.39 is 12.0 Å². The number of methoxy groups -OCH3 is 1. The van der Waals surface area contributed by atoms with E-state index in [1.54, 1.807) is 4.90 Å². The van der Waals surface area contributed by atoms with E-state index in [0.29, 0.717) is 6.54 Å². The number of aromatic nitrogens is 3. The fourth-order valence-electron chi connectivity index (χ4n) is 4.78. The van der Waals surface area contributed by atoms with E-state index in [-0.39, 0.29) is 12.6 Å². The van der Waals surface area contributed by atoms with Gasteiger partial charge in [-0.2, -0.15) is 5.10 Å². The van der Waals surface area contributed by atoms with Crippen LogP contribution in [0.4, 0.5) is 10.5 Å². The molecule has 9 nitrogen and oxygen atoms in total. The van der Waals surface area contributed by atoms with Crippen molar-refractivity contribution in [1.82, 2.24) is 24.6 Å². The van der Waals surface area contributed by atoms with Crippen LogP contribution in [0, 0.1) is 6.92 Å². The molecule has 1 aliphatic heterocycles. The fourth-order valence-corrected chi connectivity index (χ4v) is 4.78. The van der Waals surface area contributed by atoms with Crippen LogP contribution in [-0.2, 0) is 16.1 Å². The summed E-state index contributed by atoms with van der Waals surface area (Å²) in [4.78, 5) is 29.2. The fraction of sp³-hybridized carbons (Fsp3) is 0.250. The summed E-state index contributed by atoms with van der Waals surface area (Å²) in [7, 11) is 5.29. The number of carbonyl (C=O) groups excluding carboxylic acids is 2. The molecule has 0 fully saturated rings. The first kappa shape index (κ1) is 24.2. The molecule has 0 bridgehead atoms. The van der Waals surface area contributed by atoms with Crippen LogP contribution in [0.15, 0.2) is 72.9 Å². The maximum atomic E-state index is 13.6. The molecule has 3 heterocycles. The monoisotopic (exact) mass is 498 g/mol. The highest BCUT2D eigenvalue weighted by Gasteiger charge is 2.36. The van der Waals surface area contributed by atoms with Crippen LogP contribution in [0.1, 0.15) is 28.6 Å². The smallest absolute Gasteiger partial charge is 0.325 e. The number of anilines is 1. The second-order valence-electron chi connectivity index (χ2n) is 9.19. The zero-order valence-corrected chi connectivity index (χ0v) is 21.4. The topological polar surface area (TPSA) is 84.6 Å². The Labute approximate surface area is 215 Å². The molecule has 4 aromatic rings. The van der Waals surface area contributed by atoms with E-state index in [1.807, 2.05) is 104 Å². The first-order valence-corrected chi connectivity index (χ1v) is 12.1. The number of amides is 2. The van der Waals surface area contributed by atoms with Crippen molar-refractivity contribution in [3.05, 3.63) is 95.4 Å². The number of esters is 1. The SMILES string of the molecule is COC(=O)CNC(=O)N1Cc2c(C)nn(-c3ccccc3)c2-n2cccc2[C@@H]1c1ccc(N(C)C)cc1. The number of ether oxygens (including phenoxy) is 1. The first-order chi connectivity index (χ1) is 17.9. The molecule has 0 unspecified atom stereocenters. The third kappa shape index (κ3) is 4.44. The number of rotatable bonds is 5. The number of fused-ring (bicyclic) bond motifs is 3. The first-order valence-electron chi connectivity index (χ1n) is 12.1. The predicted octanol–water partition coefficient (Wildman–Crippen LogP) is 3.83. The number of benzene rings is 2. The average Bonchev–Trinajstić information content (AvgIpc) is 3.48. The number of nitrogens with zero attached hydrogens (tertiary/aromatic N) is 5. The second kappa shape index (κ2) is 9.85. The van der Waals surface area contributed by atoms with Gasteiger partial charge in [0.15, 0.2) is 0 Å². The molecule has 2 amide bonds. The van der Waals surface area contributed by atoms with Gasteiger partial charge in [0.2, 0.25) is 0 Å². The Morgan fingerprint density at radius 3 is 2.46 bits per heavy atom. The van der Waals surface area contributed by atoms with E-state index in [1.165, 1.54) is 7.11 Å². The Kier molecular flexibility index (Phi) is 6.43. The van der Waals surface area contributed by atoms with Crippen LogP contribution in [0.5, 0.6) is 0 Å². The maximum Gasteiger partial charge on any atom is 0.325 e. The van der Waals surface area contributed by atoms with Crippen LogP contribution in [0.3, 0.4) is 0 Å². The zero-order chi connectivity index (χ0) is 26.1. The van der Waals surface area contributed by atoms with Gasteiger partial charge in [-0.25, -0.2) is 9.48 Å². The molecule has 2 aromatic heterocycles. The van der Waals surface area contributed by atoms with Crippen molar-refractivity contribution in [1.29, 1.82) is 0 Å². The van der Waals surface area contributed by atoms with E-state index in [2.05, 4.69) is 9.88 Å². The summed E-state index contributed by atoms with van der Waals surface area (Å²) in [5.41, 5.74) is 5.63. The van der Waals surface area contributed by atoms with Crippen molar-refractivity contribution in [3.8, 4) is 11.5 Å². The molecule has 1 atom stereocenters. The van der Waals surface area contributed by atoms with Gasteiger partial charge < -0.3 is 24.4 Å². The molecule has 2 aromatic carbocycles. The van der Waals surface area contributed by atoms with Gasteiger partial charge in [-0.05, 0) is 48.9 Å². The van der Waals surface area contributed by atoms with Gasteiger partial charge in [-0.3, -0.25) is 4.79 Å². The number of carbonyl (C=O) groups is 2. The van der Waals surface area contributed by atoms with Gasteiger partial charge in [0.05, 0.1) is 36.8 Å². The average molecular weight is 499 g/mol. The Morgan fingerprint density at radius 1 is 1.05 bits per heavy atom. The van der Waals surface area contributed by atoms with Gasteiger partial charge in [0.25, 0.3) is 0 Å². The van der Waals surface area contributed by atoms with Crippen molar-refractivity contribution < 1.29 is 14.3 Å². The van der Waals surface area contributed by atoms with Crippen molar-refractivity contribution >= 4 is 17.7 Å².